The first kappa shape index (κ1) is 15.7. The molecule has 21 heavy (non-hydrogen) atoms. The molecule has 2 aromatic rings. The highest BCUT2D eigenvalue weighted by Crippen LogP contribution is 2.26. The molecule has 6 nitrogen and oxygen atoms in total. The van der Waals surface area contributed by atoms with Crippen molar-refractivity contribution in [3.05, 3.63) is 44.6 Å². The predicted octanol–water partition coefficient (Wildman–Crippen LogP) is 2.82. The number of aryl methyl sites for hydroxylation is 2. The summed E-state index contributed by atoms with van der Waals surface area (Å²) in [6.45, 7) is 2.17. The first-order valence-electron chi connectivity index (χ1n) is 6.02. The van der Waals surface area contributed by atoms with Gasteiger partial charge in [0.2, 0.25) is 0 Å². The summed E-state index contributed by atoms with van der Waals surface area (Å²) in [6, 6.07) is 4.90. The van der Waals surface area contributed by atoms with E-state index in [0.29, 0.717) is 16.3 Å². The fourth-order valence-corrected chi connectivity index (χ4v) is 2.48. The third-order valence-electron chi connectivity index (χ3n) is 2.95. The van der Waals surface area contributed by atoms with Gasteiger partial charge in [-0.2, -0.15) is 5.10 Å². The van der Waals surface area contributed by atoms with Crippen molar-refractivity contribution < 1.29 is 9.94 Å². The van der Waals surface area contributed by atoms with Gasteiger partial charge in [0, 0.05) is 12.1 Å². The second kappa shape index (κ2) is 6.36. The van der Waals surface area contributed by atoms with Crippen LogP contribution in [0.2, 0.25) is 5.02 Å². The summed E-state index contributed by atoms with van der Waals surface area (Å²) in [5.74, 6) is 0.394. The Kier molecular flexibility index (Phi) is 4.74. The molecule has 0 saturated carbocycles. The summed E-state index contributed by atoms with van der Waals surface area (Å²) in [4.78, 5) is 0. The van der Waals surface area contributed by atoms with Gasteiger partial charge in [-0.3, -0.25) is 4.68 Å². The third-order valence-corrected chi connectivity index (χ3v) is 4.22. The number of nitrogens with two attached hydrogens (primary N) is 1. The lowest BCUT2D eigenvalue weighted by Gasteiger charge is -2.11. The van der Waals surface area contributed by atoms with Gasteiger partial charge in [0.15, 0.2) is 5.84 Å². The Hall–Kier alpha value is -1.73. The minimum absolute atomic E-state index is 0.0399. The third kappa shape index (κ3) is 3.30. The first-order valence-corrected chi connectivity index (χ1v) is 7.19. The van der Waals surface area contributed by atoms with Crippen LogP contribution in [0.4, 0.5) is 0 Å². The normalized spacial score (nSPS) is 11.7. The molecular weight excluding hydrogens is 360 g/mol. The van der Waals surface area contributed by atoms with Crippen LogP contribution in [0.3, 0.4) is 0 Å². The maximum absolute atomic E-state index is 8.81. The topological polar surface area (TPSA) is 85.7 Å². The first-order chi connectivity index (χ1) is 9.93. The van der Waals surface area contributed by atoms with Crippen molar-refractivity contribution in [2.45, 2.75) is 13.5 Å². The van der Waals surface area contributed by atoms with Crippen LogP contribution in [0.5, 0.6) is 5.75 Å². The molecule has 1 heterocycles. The summed E-state index contributed by atoms with van der Waals surface area (Å²) in [5.41, 5.74) is 7.84. The van der Waals surface area contributed by atoms with E-state index in [1.807, 2.05) is 14.0 Å². The highest BCUT2D eigenvalue weighted by molar-refractivity contribution is 9.10. The molecule has 112 valence electrons. The minimum atomic E-state index is -0.0399. The summed E-state index contributed by atoms with van der Waals surface area (Å²) >= 11 is 9.44. The highest BCUT2D eigenvalue weighted by atomic mass is 79.9. The Morgan fingerprint density at radius 3 is 2.86 bits per heavy atom. The molecule has 0 atom stereocenters. The number of rotatable bonds is 4. The molecule has 3 N–H and O–H groups in total. The molecule has 8 heteroatoms. The summed E-state index contributed by atoms with van der Waals surface area (Å²) in [7, 11) is 1.83. The van der Waals surface area contributed by atoms with E-state index in [1.165, 1.54) is 0 Å². The lowest BCUT2D eigenvalue weighted by molar-refractivity contribution is 0.292. The Bertz CT molecular complexity index is 700. The summed E-state index contributed by atoms with van der Waals surface area (Å²) < 4.78 is 8.37. The van der Waals surface area contributed by atoms with E-state index < -0.39 is 0 Å². The zero-order valence-corrected chi connectivity index (χ0v) is 13.8. The van der Waals surface area contributed by atoms with Gasteiger partial charge < -0.3 is 15.7 Å². The van der Waals surface area contributed by atoms with E-state index in [-0.39, 0.29) is 12.4 Å². The van der Waals surface area contributed by atoms with Crippen LogP contribution >= 0.6 is 27.5 Å². The molecule has 0 aliphatic carbocycles. The van der Waals surface area contributed by atoms with Gasteiger partial charge in [-0.1, -0.05) is 16.8 Å². The van der Waals surface area contributed by atoms with Crippen molar-refractivity contribution in [1.82, 2.24) is 9.78 Å². The molecule has 0 aliphatic rings. The van der Waals surface area contributed by atoms with Gasteiger partial charge in [-0.25, -0.2) is 0 Å². The summed E-state index contributed by atoms with van der Waals surface area (Å²) in [5, 5.41) is 16.6. The van der Waals surface area contributed by atoms with E-state index in [1.54, 1.807) is 22.9 Å². The molecule has 0 fully saturated rings. The monoisotopic (exact) mass is 372 g/mol. The van der Waals surface area contributed by atoms with Crippen LogP contribution in [-0.4, -0.2) is 20.8 Å². The fourth-order valence-electron chi connectivity index (χ4n) is 1.86. The van der Waals surface area contributed by atoms with Crippen LogP contribution in [0.25, 0.3) is 0 Å². The predicted molar refractivity (Wildman–Crippen MR) is 83.9 cm³/mol. The Morgan fingerprint density at radius 2 is 2.29 bits per heavy atom. The fraction of sp³-hybridized carbons (Fsp3) is 0.231. The SMILES string of the molecule is Cc1nn(C)c(COc2cc(Cl)ccc2/C(N)=N/O)c1Br. The van der Waals surface area contributed by atoms with Crippen LogP contribution in [0, 0.1) is 6.92 Å². The van der Waals surface area contributed by atoms with E-state index in [9.17, 15) is 0 Å². The second-order valence-electron chi connectivity index (χ2n) is 4.38. The Labute approximate surface area is 135 Å². The summed E-state index contributed by atoms with van der Waals surface area (Å²) in [6.07, 6.45) is 0. The van der Waals surface area contributed by atoms with Gasteiger partial charge >= 0.3 is 0 Å². The highest BCUT2D eigenvalue weighted by Gasteiger charge is 2.14. The second-order valence-corrected chi connectivity index (χ2v) is 5.61. The number of nitrogens with zero attached hydrogens (tertiary/aromatic N) is 3. The standard InChI is InChI=1S/C13H14BrClN4O2/c1-7-12(14)10(19(2)17-7)6-21-11-5-8(15)3-4-9(11)13(16)18-20/h3-5,20H,6H2,1-2H3,(H2,16,18). The molecular formula is C13H14BrClN4O2. The zero-order chi connectivity index (χ0) is 15.6. The van der Waals surface area contributed by atoms with Gasteiger partial charge in [0.05, 0.1) is 21.4 Å². The largest absolute Gasteiger partial charge is 0.486 e. The van der Waals surface area contributed by atoms with Crippen LogP contribution in [0.15, 0.2) is 27.8 Å². The molecule has 0 bridgehead atoms. The number of hydrogen-bond acceptors (Lipinski definition) is 4. The molecule has 0 radical (unpaired) electrons. The average Bonchev–Trinajstić information content (AvgIpc) is 2.69. The molecule has 0 unspecified atom stereocenters. The molecule has 0 spiro atoms. The van der Waals surface area contributed by atoms with E-state index in [2.05, 4.69) is 26.2 Å². The average molecular weight is 374 g/mol. The Balaban J connectivity index is 2.29. The van der Waals surface area contributed by atoms with Crippen LogP contribution in [0.1, 0.15) is 17.0 Å². The maximum Gasteiger partial charge on any atom is 0.173 e. The molecule has 2 rings (SSSR count). The zero-order valence-electron chi connectivity index (χ0n) is 11.5. The molecule has 1 aromatic heterocycles. The minimum Gasteiger partial charge on any atom is -0.486 e. The molecule has 0 aliphatic heterocycles. The number of amidine groups is 1. The lowest BCUT2D eigenvalue weighted by Crippen LogP contribution is -2.15. The molecule has 0 amide bonds. The van der Waals surface area contributed by atoms with Crippen molar-refractivity contribution in [2.24, 2.45) is 17.9 Å². The van der Waals surface area contributed by atoms with Crippen LogP contribution in [-0.2, 0) is 13.7 Å². The lowest BCUT2D eigenvalue weighted by atomic mass is 10.2. The van der Waals surface area contributed by atoms with E-state index in [4.69, 9.17) is 27.3 Å². The number of oxime groups is 1. The van der Waals surface area contributed by atoms with Gasteiger partial charge in [-0.15, -0.1) is 0 Å². The van der Waals surface area contributed by atoms with Crippen molar-refractivity contribution in [1.29, 1.82) is 0 Å². The van der Waals surface area contributed by atoms with Crippen molar-refractivity contribution >= 4 is 33.4 Å². The molecule has 1 aromatic carbocycles. The quantitative estimate of drug-likeness (QED) is 0.373. The Morgan fingerprint density at radius 1 is 1.57 bits per heavy atom. The number of ether oxygens (including phenoxy) is 1. The van der Waals surface area contributed by atoms with Gasteiger partial charge in [-0.05, 0) is 41.1 Å². The van der Waals surface area contributed by atoms with E-state index >= 15 is 0 Å². The van der Waals surface area contributed by atoms with Crippen molar-refractivity contribution in [2.75, 3.05) is 0 Å². The van der Waals surface area contributed by atoms with Gasteiger partial charge in [0.1, 0.15) is 12.4 Å². The number of aromatic nitrogens is 2. The van der Waals surface area contributed by atoms with Gasteiger partial charge in [0.25, 0.3) is 0 Å². The van der Waals surface area contributed by atoms with Crippen molar-refractivity contribution in [3.8, 4) is 5.75 Å². The van der Waals surface area contributed by atoms with Crippen LogP contribution < -0.4 is 10.5 Å². The maximum atomic E-state index is 8.81. The number of halogens is 2. The van der Waals surface area contributed by atoms with E-state index in [0.717, 1.165) is 15.9 Å². The number of hydrogen-bond donors (Lipinski definition) is 2. The number of benzene rings is 1. The van der Waals surface area contributed by atoms with Crippen molar-refractivity contribution in [3.63, 3.8) is 0 Å². The smallest absolute Gasteiger partial charge is 0.173 e. The molecule has 0 saturated heterocycles.